The first kappa shape index (κ1) is 14.6. The van der Waals surface area contributed by atoms with Gasteiger partial charge in [-0.2, -0.15) is 0 Å². The van der Waals surface area contributed by atoms with Crippen LogP contribution in [-0.2, 0) is 16.1 Å². The molecular formula is C18H16O3S. The lowest BCUT2D eigenvalue weighted by atomic mass is 10.2. The normalized spacial score (nSPS) is 10.6. The van der Waals surface area contributed by atoms with E-state index < -0.39 is 0 Å². The molecule has 0 radical (unpaired) electrons. The minimum Gasteiger partial charge on any atom is -0.482 e. The molecule has 3 rings (SSSR count). The second-order valence-electron chi connectivity index (χ2n) is 4.97. The molecule has 22 heavy (non-hydrogen) atoms. The summed E-state index contributed by atoms with van der Waals surface area (Å²) in [5.74, 6) is 0.346. The van der Waals surface area contributed by atoms with E-state index >= 15 is 0 Å². The molecule has 0 bridgehead atoms. The van der Waals surface area contributed by atoms with Crippen LogP contribution in [0.5, 0.6) is 5.75 Å². The molecule has 4 heteroatoms. The van der Waals surface area contributed by atoms with Crippen molar-refractivity contribution >= 4 is 27.4 Å². The summed E-state index contributed by atoms with van der Waals surface area (Å²) in [5.41, 5.74) is 2.03. The molecule has 0 unspecified atom stereocenters. The van der Waals surface area contributed by atoms with Crippen LogP contribution in [-0.4, -0.2) is 12.6 Å². The highest BCUT2D eigenvalue weighted by atomic mass is 32.1. The molecule has 0 aliphatic heterocycles. The number of benzene rings is 2. The summed E-state index contributed by atoms with van der Waals surface area (Å²) in [6, 6.07) is 15.7. The van der Waals surface area contributed by atoms with Crippen molar-refractivity contribution < 1.29 is 14.3 Å². The molecule has 1 heterocycles. The summed E-state index contributed by atoms with van der Waals surface area (Å²) < 4.78 is 12.0. The first-order valence-electron chi connectivity index (χ1n) is 7.03. The van der Waals surface area contributed by atoms with E-state index in [0.717, 1.165) is 16.5 Å². The lowest BCUT2D eigenvalue weighted by Gasteiger charge is -2.08. The Kier molecular flexibility index (Phi) is 4.39. The maximum atomic E-state index is 11.8. The molecule has 112 valence electrons. The SMILES string of the molecule is Cc1ccccc1OCC(=O)OCc1csc2ccccc12. The topological polar surface area (TPSA) is 35.5 Å². The van der Waals surface area contributed by atoms with E-state index in [9.17, 15) is 4.79 Å². The van der Waals surface area contributed by atoms with Crippen LogP contribution in [0.1, 0.15) is 11.1 Å². The van der Waals surface area contributed by atoms with Gasteiger partial charge in [0, 0.05) is 10.3 Å². The number of para-hydroxylation sites is 1. The second-order valence-corrected chi connectivity index (χ2v) is 5.88. The number of hydrogen-bond acceptors (Lipinski definition) is 4. The molecular weight excluding hydrogens is 296 g/mol. The number of carbonyl (C=O) groups is 1. The van der Waals surface area contributed by atoms with Crippen molar-refractivity contribution in [3.8, 4) is 5.75 Å². The maximum absolute atomic E-state index is 11.8. The van der Waals surface area contributed by atoms with Crippen LogP contribution in [0, 0.1) is 6.92 Å². The van der Waals surface area contributed by atoms with Crippen LogP contribution in [0.3, 0.4) is 0 Å². The Morgan fingerprint density at radius 1 is 1.09 bits per heavy atom. The molecule has 0 spiro atoms. The fourth-order valence-electron chi connectivity index (χ4n) is 2.20. The van der Waals surface area contributed by atoms with Gasteiger partial charge in [0.25, 0.3) is 0 Å². The number of carbonyl (C=O) groups excluding carboxylic acids is 1. The summed E-state index contributed by atoms with van der Waals surface area (Å²) in [7, 11) is 0. The Hall–Kier alpha value is -2.33. The zero-order valence-electron chi connectivity index (χ0n) is 12.2. The van der Waals surface area contributed by atoms with Gasteiger partial charge in [-0.25, -0.2) is 4.79 Å². The van der Waals surface area contributed by atoms with Crippen molar-refractivity contribution in [2.75, 3.05) is 6.61 Å². The molecule has 0 atom stereocenters. The summed E-state index contributed by atoms with van der Waals surface area (Å²) in [4.78, 5) is 11.8. The third-order valence-electron chi connectivity index (χ3n) is 3.39. The van der Waals surface area contributed by atoms with E-state index in [0.29, 0.717) is 5.75 Å². The number of hydrogen-bond donors (Lipinski definition) is 0. The van der Waals surface area contributed by atoms with Gasteiger partial charge in [-0.3, -0.25) is 0 Å². The second kappa shape index (κ2) is 6.62. The van der Waals surface area contributed by atoms with Gasteiger partial charge >= 0.3 is 5.97 Å². The molecule has 1 aromatic heterocycles. The molecule has 0 aliphatic rings. The van der Waals surface area contributed by atoms with Gasteiger partial charge in [0.1, 0.15) is 12.4 Å². The largest absolute Gasteiger partial charge is 0.482 e. The lowest BCUT2D eigenvalue weighted by Crippen LogP contribution is -2.15. The van der Waals surface area contributed by atoms with Gasteiger partial charge in [-0.1, -0.05) is 36.4 Å². The summed E-state index contributed by atoms with van der Waals surface area (Å²) >= 11 is 1.66. The van der Waals surface area contributed by atoms with Crippen molar-refractivity contribution in [3.05, 3.63) is 65.0 Å². The van der Waals surface area contributed by atoms with Crippen molar-refractivity contribution in [2.24, 2.45) is 0 Å². The Morgan fingerprint density at radius 3 is 2.73 bits per heavy atom. The third kappa shape index (κ3) is 3.28. The van der Waals surface area contributed by atoms with Gasteiger partial charge < -0.3 is 9.47 Å². The average molecular weight is 312 g/mol. The predicted molar refractivity (Wildman–Crippen MR) is 88.3 cm³/mol. The standard InChI is InChI=1S/C18H16O3S/c1-13-6-2-4-8-16(13)20-11-18(19)21-10-14-12-22-17-9-5-3-7-15(14)17/h2-9,12H,10-11H2,1H3. The van der Waals surface area contributed by atoms with Crippen molar-refractivity contribution in [3.63, 3.8) is 0 Å². The molecule has 0 fully saturated rings. The number of aryl methyl sites for hydroxylation is 1. The average Bonchev–Trinajstić information content (AvgIpc) is 2.95. The zero-order valence-corrected chi connectivity index (χ0v) is 13.1. The highest BCUT2D eigenvalue weighted by Crippen LogP contribution is 2.26. The third-order valence-corrected chi connectivity index (χ3v) is 4.40. The number of rotatable bonds is 5. The van der Waals surface area contributed by atoms with Crippen LogP contribution >= 0.6 is 11.3 Å². The van der Waals surface area contributed by atoms with Crippen LogP contribution in [0.2, 0.25) is 0 Å². The zero-order chi connectivity index (χ0) is 15.4. The van der Waals surface area contributed by atoms with Crippen LogP contribution in [0.15, 0.2) is 53.9 Å². The Morgan fingerprint density at radius 2 is 1.86 bits per heavy atom. The first-order chi connectivity index (χ1) is 10.7. The molecule has 0 saturated heterocycles. The highest BCUT2D eigenvalue weighted by molar-refractivity contribution is 7.17. The lowest BCUT2D eigenvalue weighted by molar-refractivity contribution is -0.147. The van der Waals surface area contributed by atoms with Crippen LogP contribution in [0.4, 0.5) is 0 Å². The number of thiophene rings is 1. The number of ether oxygens (including phenoxy) is 2. The fraction of sp³-hybridized carbons (Fsp3) is 0.167. The number of esters is 1. The van der Waals surface area contributed by atoms with Crippen molar-refractivity contribution in [2.45, 2.75) is 13.5 Å². The summed E-state index contributed by atoms with van der Waals surface area (Å²) in [5, 5.41) is 3.17. The van der Waals surface area contributed by atoms with Crippen molar-refractivity contribution in [1.29, 1.82) is 0 Å². The Balaban J connectivity index is 1.55. The molecule has 0 aliphatic carbocycles. The number of fused-ring (bicyclic) bond motifs is 1. The molecule has 0 amide bonds. The molecule has 0 saturated carbocycles. The molecule has 2 aromatic carbocycles. The Labute approximate surface area is 133 Å². The molecule has 0 N–H and O–H groups in total. The minimum absolute atomic E-state index is 0.0765. The highest BCUT2D eigenvalue weighted by Gasteiger charge is 2.09. The maximum Gasteiger partial charge on any atom is 0.344 e. The van der Waals surface area contributed by atoms with Gasteiger partial charge in [-0.05, 0) is 35.4 Å². The van der Waals surface area contributed by atoms with E-state index in [4.69, 9.17) is 9.47 Å². The van der Waals surface area contributed by atoms with E-state index in [1.165, 1.54) is 4.70 Å². The van der Waals surface area contributed by atoms with Crippen molar-refractivity contribution in [1.82, 2.24) is 0 Å². The Bertz CT molecular complexity index is 792. The van der Waals surface area contributed by atoms with Gasteiger partial charge in [-0.15, -0.1) is 11.3 Å². The quantitative estimate of drug-likeness (QED) is 0.658. The van der Waals surface area contributed by atoms with Gasteiger partial charge in [0.05, 0.1) is 0 Å². The monoisotopic (exact) mass is 312 g/mol. The predicted octanol–water partition coefficient (Wildman–Crippen LogP) is 4.33. The van der Waals surface area contributed by atoms with Gasteiger partial charge in [0.2, 0.25) is 0 Å². The fourth-order valence-corrected chi connectivity index (χ4v) is 3.15. The molecule has 3 aromatic rings. The van der Waals surface area contributed by atoms with E-state index in [-0.39, 0.29) is 19.2 Å². The summed E-state index contributed by atoms with van der Waals surface area (Å²) in [6.45, 7) is 2.14. The molecule has 3 nitrogen and oxygen atoms in total. The smallest absolute Gasteiger partial charge is 0.344 e. The van der Waals surface area contributed by atoms with Crippen LogP contribution in [0.25, 0.3) is 10.1 Å². The van der Waals surface area contributed by atoms with E-state index in [2.05, 4.69) is 6.07 Å². The first-order valence-corrected chi connectivity index (χ1v) is 7.91. The van der Waals surface area contributed by atoms with Gasteiger partial charge in [0.15, 0.2) is 6.61 Å². The van der Waals surface area contributed by atoms with E-state index in [1.54, 1.807) is 11.3 Å². The minimum atomic E-state index is -0.362. The van der Waals surface area contributed by atoms with Crippen LogP contribution < -0.4 is 4.74 Å². The van der Waals surface area contributed by atoms with E-state index in [1.807, 2.05) is 54.8 Å². The summed E-state index contributed by atoms with van der Waals surface area (Å²) in [6.07, 6.45) is 0.